The third-order valence-corrected chi connectivity index (χ3v) is 4.47. The van der Waals surface area contributed by atoms with Gasteiger partial charge in [-0.25, -0.2) is 4.98 Å². The summed E-state index contributed by atoms with van der Waals surface area (Å²) in [4.78, 5) is 11.4. The van der Waals surface area contributed by atoms with E-state index in [9.17, 15) is 0 Å². The van der Waals surface area contributed by atoms with Crippen LogP contribution in [0.25, 0.3) is 0 Å². The van der Waals surface area contributed by atoms with Crippen molar-refractivity contribution in [2.24, 2.45) is 4.99 Å². The summed E-state index contributed by atoms with van der Waals surface area (Å²) in [7, 11) is 2.06. The minimum absolute atomic E-state index is 0.689. The molecule has 1 aromatic carbocycles. The fraction of sp³-hybridized carbons (Fsp3) is 0.474. The number of hydrogen-bond acceptors (Lipinski definition) is 4. The molecule has 2 rings (SSSR count). The Morgan fingerprint density at radius 2 is 2.04 bits per heavy atom. The van der Waals surface area contributed by atoms with Crippen molar-refractivity contribution in [3.8, 4) is 5.75 Å². The maximum Gasteiger partial charge on any atom is 0.193 e. The molecule has 1 N–H and O–H groups in total. The number of rotatable bonds is 8. The first kappa shape index (κ1) is 19.2. The number of guanidine groups is 1. The summed E-state index contributed by atoms with van der Waals surface area (Å²) < 4.78 is 5.49. The van der Waals surface area contributed by atoms with Gasteiger partial charge >= 0.3 is 0 Å². The van der Waals surface area contributed by atoms with Gasteiger partial charge in [0.05, 0.1) is 17.3 Å². The Hall–Kier alpha value is -2.08. The molecule has 0 bridgehead atoms. The lowest BCUT2D eigenvalue weighted by molar-refractivity contribution is 0.340. The molecule has 0 saturated heterocycles. The van der Waals surface area contributed by atoms with E-state index in [2.05, 4.69) is 46.7 Å². The lowest BCUT2D eigenvalue weighted by Crippen LogP contribution is -2.38. The zero-order valence-electron chi connectivity index (χ0n) is 15.6. The van der Waals surface area contributed by atoms with Gasteiger partial charge in [0.15, 0.2) is 5.96 Å². The van der Waals surface area contributed by atoms with Gasteiger partial charge in [0.2, 0.25) is 0 Å². The molecule has 0 aliphatic heterocycles. The quantitative estimate of drug-likeness (QED) is 0.578. The molecule has 0 fully saturated rings. The summed E-state index contributed by atoms with van der Waals surface area (Å²) in [5.41, 5.74) is 2.35. The number of benzene rings is 1. The Labute approximate surface area is 154 Å². The number of aromatic nitrogens is 1. The molecule has 6 heteroatoms. The van der Waals surface area contributed by atoms with Crippen LogP contribution >= 0.6 is 11.3 Å². The second-order valence-electron chi connectivity index (χ2n) is 5.78. The number of hydrogen-bond donors (Lipinski definition) is 1. The molecule has 136 valence electrons. The SMILES string of the molecule is CCNC(=NCCc1csc(C)n1)N(C)Cc1ccc(OCC)cc1. The zero-order valence-corrected chi connectivity index (χ0v) is 16.4. The molecule has 1 heterocycles. The molecule has 0 unspecified atom stereocenters. The van der Waals surface area contributed by atoms with Crippen LogP contribution in [0.15, 0.2) is 34.6 Å². The lowest BCUT2D eigenvalue weighted by atomic mass is 10.2. The van der Waals surface area contributed by atoms with Crippen molar-refractivity contribution in [2.45, 2.75) is 33.7 Å². The van der Waals surface area contributed by atoms with E-state index in [1.807, 2.05) is 26.0 Å². The van der Waals surface area contributed by atoms with Crippen molar-refractivity contribution in [2.75, 3.05) is 26.7 Å². The van der Waals surface area contributed by atoms with E-state index in [-0.39, 0.29) is 0 Å². The Kier molecular flexibility index (Phi) is 7.73. The van der Waals surface area contributed by atoms with Gasteiger partial charge in [0.25, 0.3) is 0 Å². The van der Waals surface area contributed by atoms with Crippen LogP contribution in [0.5, 0.6) is 5.75 Å². The van der Waals surface area contributed by atoms with Gasteiger partial charge in [0.1, 0.15) is 5.75 Å². The van der Waals surface area contributed by atoms with Gasteiger partial charge < -0.3 is 15.0 Å². The van der Waals surface area contributed by atoms with Gasteiger partial charge in [-0.1, -0.05) is 12.1 Å². The van der Waals surface area contributed by atoms with Crippen molar-refractivity contribution in [3.63, 3.8) is 0 Å². The number of aryl methyl sites for hydroxylation is 1. The fourth-order valence-corrected chi connectivity index (χ4v) is 3.12. The molecule has 5 nitrogen and oxygen atoms in total. The predicted octanol–water partition coefficient (Wildman–Crippen LogP) is 3.49. The van der Waals surface area contributed by atoms with Crippen LogP contribution in [0.1, 0.15) is 30.1 Å². The molecule has 0 saturated carbocycles. The molecule has 0 amide bonds. The Morgan fingerprint density at radius 3 is 2.64 bits per heavy atom. The van der Waals surface area contributed by atoms with E-state index in [1.165, 1.54) is 5.56 Å². The lowest BCUT2D eigenvalue weighted by Gasteiger charge is -2.22. The van der Waals surface area contributed by atoms with Gasteiger partial charge in [-0.3, -0.25) is 4.99 Å². The molecular weight excluding hydrogens is 332 g/mol. The summed E-state index contributed by atoms with van der Waals surface area (Å²) in [5.74, 6) is 1.83. The van der Waals surface area contributed by atoms with Crippen molar-refractivity contribution in [3.05, 3.63) is 45.9 Å². The van der Waals surface area contributed by atoms with Crippen LogP contribution in [0, 0.1) is 6.92 Å². The van der Waals surface area contributed by atoms with Crippen molar-refractivity contribution >= 4 is 17.3 Å². The highest BCUT2D eigenvalue weighted by Gasteiger charge is 2.07. The molecule has 0 spiro atoms. The minimum Gasteiger partial charge on any atom is -0.494 e. The van der Waals surface area contributed by atoms with Crippen LogP contribution in [-0.2, 0) is 13.0 Å². The predicted molar refractivity (Wildman–Crippen MR) is 106 cm³/mol. The Morgan fingerprint density at radius 1 is 1.28 bits per heavy atom. The molecule has 0 radical (unpaired) electrons. The van der Waals surface area contributed by atoms with E-state index in [0.29, 0.717) is 6.61 Å². The summed E-state index contributed by atoms with van der Waals surface area (Å²) in [6.07, 6.45) is 0.871. The topological polar surface area (TPSA) is 49.8 Å². The number of thiazole rings is 1. The van der Waals surface area contributed by atoms with Crippen LogP contribution in [0.4, 0.5) is 0 Å². The largest absolute Gasteiger partial charge is 0.494 e. The number of nitrogens with zero attached hydrogens (tertiary/aromatic N) is 3. The molecular formula is C19H28N4OS. The molecule has 0 atom stereocenters. The highest BCUT2D eigenvalue weighted by Crippen LogP contribution is 2.13. The first-order valence-electron chi connectivity index (χ1n) is 8.74. The fourth-order valence-electron chi connectivity index (χ4n) is 2.48. The molecule has 2 aromatic rings. The monoisotopic (exact) mass is 360 g/mol. The summed E-state index contributed by atoms with van der Waals surface area (Å²) in [5, 5.41) is 6.58. The maximum absolute atomic E-state index is 5.49. The second-order valence-corrected chi connectivity index (χ2v) is 6.84. The average molecular weight is 361 g/mol. The van der Waals surface area contributed by atoms with Crippen molar-refractivity contribution in [1.29, 1.82) is 0 Å². The normalized spacial score (nSPS) is 11.4. The van der Waals surface area contributed by atoms with E-state index >= 15 is 0 Å². The number of nitrogens with one attached hydrogen (secondary N) is 1. The average Bonchev–Trinajstić information content (AvgIpc) is 3.01. The Balaban J connectivity index is 1.93. The summed E-state index contributed by atoms with van der Waals surface area (Å²) in [6, 6.07) is 8.23. The third kappa shape index (κ3) is 6.38. The van der Waals surface area contributed by atoms with Gasteiger partial charge in [-0.05, 0) is 38.5 Å². The maximum atomic E-state index is 5.49. The van der Waals surface area contributed by atoms with Gasteiger partial charge in [-0.15, -0.1) is 11.3 Å². The molecule has 0 aliphatic rings. The molecule has 1 aromatic heterocycles. The zero-order chi connectivity index (χ0) is 18.1. The van der Waals surface area contributed by atoms with Gasteiger partial charge in [-0.2, -0.15) is 0 Å². The standard InChI is InChI=1S/C19H28N4OS/c1-5-20-19(21-12-11-17-14-25-15(3)22-17)23(4)13-16-7-9-18(10-8-16)24-6-2/h7-10,14H,5-6,11-13H2,1-4H3,(H,20,21). The minimum atomic E-state index is 0.689. The molecule has 0 aliphatic carbocycles. The highest BCUT2D eigenvalue weighted by molar-refractivity contribution is 7.09. The third-order valence-electron chi connectivity index (χ3n) is 3.65. The van der Waals surface area contributed by atoms with E-state index < -0.39 is 0 Å². The highest BCUT2D eigenvalue weighted by atomic mass is 32.1. The first-order valence-corrected chi connectivity index (χ1v) is 9.62. The van der Waals surface area contributed by atoms with E-state index in [0.717, 1.165) is 48.5 Å². The summed E-state index contributed by atoms with van der Waals surface area (Å²) >= 11 is 1.69. The van der Waals surface area contributed by atoms with Crippen LogP contribution < -0.4 is 10.1 Å². The summed E-state index contributed by atoms with van der Waals surface area (Å²) in [6.45, 7) is 9.19. The second kappa shape index (κ2) is 10.0. The van der Waals surface area contributed by atoms with Gasteiger partial charge in [0, 0.05) is 38.5 Å². The number of aliphatic imine (C=N–C) groups is 1. The number of ether oxygens (including phenoxy) is 1. The Bertz CT molecular complexity index is 666. The van der Waals surface area contributed by atoms with Crippen LogP contribution in [0.3, 0.4) is 0 Å². The first-order chi connectivity index (χ1) is 12.1. The van der Waals surface area contributed by atoms with E-state index in [1.54, 1.807) is 11.3 Å². The van der Waals surface area contributed by atoms with Crippen molar-refractivity contribution < 1.29 is 4.74 Å². The van der Waals surface area contributed by atoms with Crippen molar-refractivity contribution in [1.82, 2.24) is 15.2 Å². The van der Waals surface area contributed by atoms with Crippen LogP contribution in [-0.4, -0.2) is 42.6 Å². The molecule has 25 heavy (non-hydrogen) atoms. The van der Waals surface area contributed by atoms with Crippen LogP contribution in [0.2, 0.25) is 0 Å². The smallest absolute Gasteiger partial charge is 0.193 e. The van der Waals surface area contributed by atoms with E-state index in [4.69, 9.17) is 9.73 Å².